The van der Waals surface area contributed by atoms with Gasteiger partial charge in [-0.25, -0.2) is 0 Å². The maximum absolute atomic E-state index is 11.2. The molecular weight excluding hydrogens is 190 g/mol. The lowest BCUT2D eigenvalue weighted by Gasteiger charge is -2.35. The van der Waals surface area contributed by atoms with Crippen LogP contribution in [0.25, 0.3) is 0 Å². The third-order valence-corrected chi connectivity index (χ3v) is 2.17. The fourth-order valence-electron chi connectivity index (χ4n) is 1.23. The van der Waals surface area contributed by atoms with Gasteiger partial charge in [-0.15, -0.1) is 0 Å². The molecule has 0 aromatic heterocycles. The largest absolute Gasteiger partial charge is 0.394 e. The van der Waals surface area contributed by atoms with Gasteiger partial charge in [0, 0.05) is 12.2 Å². The van der Waals surface area contributed by atoms with E-state index in [1.807, 2.05) is 0 Å². The molecule has 0 aliphatic carbocycles. The van der Waals surface area contributed by atoms with Crippen molar-refractivity contribution in [3.8, 4) is 0 Å². The highest BCUT2D eigenvalue weighted by molar-refractivity contribution is 6.13. The van der Waals surface area contributed by atoms with Crippen molar-refractivity contribution < 1.29 is 24.9 Å². The zero-order chi connectivity index (χ0) is 10.8. The molecule has 3 N–H and O–H groups in total. The number of imide groups is 1. The molecule has 0 saturated heterocycles. The summed E-state index contributed by atoms with van der Waals surface area (Å²) in [6.45, 7) is -2.04. The van der Waals surface area contributed by atoms with Crippen LogP contribution < -0.4 is 0 Å². The molecule has 0 atom stereocenters. The second-order valence-electron chi connectivity index (χ2n) is 3.04. The Labute approximate surface area is 80.1 Å². The van der Waals surface area contributed by atoms with Gasteiger partial charge in [0.25, 0.3) is 11.8 Å². The van der Waals surface area contributed by atoms with E-state index in [0.717, 1.165) is 12.2 Å². The SMILES string of the molecule is O=C1C=CC(=O)N1C(CO)(CO)CO. The van der Waals surface area contributed by atoms with E-state index in [2.05, 4.69) is 0 Å². The summed E-state index contributed by atoms with van der Waals surface area (Å²) >= 11 is 0. The molecule has 0 aromatic carbocycles. The van der Waals surface area contributed by atoms with Crippen molar-refractivity contribution in [3.63, 3.8) is 0 Å². The van der Waals surface area contributed by atoms with Crippen LogP contribution in [0.2, 0.25) is 0 Å². The van der Waals surface area contributed by atoms with E-state index < -0.39 is 37.2 Å². The van der Waals surface area contributed by atoms with E-state index in [9.17, 15) is 9.59 Å². The summed E-state index contributed by atoms with van der Waals surface area (Å²) in [5.74, 6) is -1.29. The number of rotatable bonds is 4. The fraction of sp³-hybridized carbons (Fsp3) is 0.500. The predicted octanol–water partition coefficient (Wildman–Crippen LogP) is -2.37. The lowest BCUT2D eigenvalue weighted by molar-refractivity contribution is -0.151. The quantitative estimate of drug-likeness (QED) is 0.441. The molecule has 1 aliphatic heterocycles. The van der Waals surface area contributed by atoms with Crippen molar-refractivity contribution in [3.05, 3.63) is 12.2 Å². The average Bonchev–Trinajstić information content (AvgIpc) is 2.53. The molecule has 0 radical (unpaired) electrons. The first-order valence-corrected chi connectivity index (χ1v) is 4.00. The summed E-state index contributed by atoms with van der Waals surface area (Å²) in [7, 11) is 0. The van der Waals surface area contributed by atoms with E-state index in [-0.39, 0.29) is 0 Å². The van der Waals surface area contributed by atoms with Gasteiger partial charge in [0.05, 0.1) is 19.8 Å². The van der Waals surface area contributed by atoms with Crippen LogP contribution in [0.1, 0.15) is 0 Å². The molecule has 0 fully saturated rings. The summed E-state index contributed by atoms with van der Waals surface area (Å²) in [4.78, 5) is 23.0. The summed E-state index contributed by atoms with van der Waals surface area (Å²) < 4.78 is 0. The van der Waals surface area contributed by atoms with Crippen LogP contribution in [0.4, 0.5) is 0 Å². The molecule has 78 valence electrons. The van der Waals surface area contributed by atoms with Crippen LogP contribution in [0.5, 0.6) is 0 Å². The molecule has 2 amide bonds. The molecule has 0 unspecified atom stereocenters. The van der Waals surface area contributed by atoms with Crippen LogP contribution >= 0.6 is 0 Å². The second-order valence-corrected chi connectivity index (χ2v) is 3.04. The van der Waals surface area contributed by atoms with Gasteiger partial charge in [-0.1, -0.05) is 0 Å². The van der Waals surface area contributed by atoms with E-state index in [1.165, 1.54) is 0 Å². The molecule has 1 heterocycles. The first-order chi connectivity index (χ1) is 6.61. The van der Waals surface area contributed by atoms with Gasteiger partial charge in [0.15, 0.2) is 0 Å². The average molecular weight is 201 g/mol. The van der Waals surface area contributed by atoms with Gasteiger partial charge in [-0.05, 0) is 0 Å². The molecular formula is C8H11NO5. The van der Waals surface area contributed by atoms with Gasteiger partial charge in [-0.2, -0.15) is 0 Å². The van der Waals surface area contributed by atoms with Crippen molar-refractivity contribution in [2.45, 2.75) is 5.54 Å². The van der Waals surface area contributed by atoms with Crippen molar-refractivity contribution in [2.75, 3.05) is 19.8 Å². The molecule has 1 rings (SSSR count). The minimum absolute atomic E-state index is 0.646. The smallest absolute Gasteiger partial charge is 0.254 e. The fourth-order valence-corrected chi connectivity index (χ4v) is 1.23. The number of hydrogen-bond donors (Lipinski definition) is 3. The molecule has 0 bridgehead atoms. The molecule has 0 saturated carbocycles. The van der Waals surface area contributed by atoms with Gasteiger partial charge in [0.1, 0.15) is 5.54 Å². The number of carbonyl (C=O) groups excluding carboxylic acids is 2. The molecule has 1 aliphatic rings. The summed E-state index contributed by atoms with van der Waals surface area (Å²) in [6, 6.07) is 0. The predicted molar refractivity (Wildman–Crippen MR) is 45.0 cm³/mol. The van der Waals surface area contributed by atoms with E-state index >= 15 is 0 Å². The van der Waals surface area contributed by atoms with Crippen LogP contribution in [-0.4, -0.2) is 57.4 Å². The Bertz CT molecular complexity index is 255. The maximum atomic E-state index is 11.2. The third kappa shape index (κ3) is 1.43. The number of carbonyl (C=O) groups is 2. The standard InChI is InChI=1S/C8H11NO5/c10-3-8(4-11,5-12)9-6(13)1-2-7(9)14/h1-2,10-12H,3-5H2. The van der Waals surface area contributed by atoms with E-state index in [4.69, 9.17) is 15.3 Å². The molecule has 14 heavy (non-hydrogen) atoms. The highest BCUT2D eigenvalue weighted by Crippen LogP contribution is 2.19. The maximum Gasteiger partial charge on any atom is 0.254 e. The Morgan fingerprint density at radius 2 is 1.36 bits per heavy atom. The molecule has 0 aromatic rings. The molecule has 6 nitrogen and oxygen atoms in total. The van der Waals surface area contributed by atoms with Crippen LogP contribution in [-0.2, 0) is 9.59 Å². The van der Waals surface area contributed by atoms with Gasteiger partial charge in [0.2, 0.25) is 0 Å². The Morgan fingerprint density at radius 1 is 1.00 bits per heavy atom. The Balaban J connectivity index is 3.00. The third-order valence-electron chi connectivity index (χ3n) is 2.17. The zero-order valence-corrected chi connectivity index (χ0v) is 7.38. The van der Waals surface area contributed by atoms with Crippen molar-refractivity contribution in [1.29, 1.82) is 0 Å². The van der Waals surface area contributed by atoms with Crippen molar-refractivity contribution in [2.24, 2.45) is 0 Å². The summed E-state index contributed by atoms with van der Waals surface area (Å²) in [6.07, 6.45) is 2.05. The number of nitrogens with zero attached hydrogens (tertiary/aromatic N) is 1. The molecule has 0 spiro atoms. The highest BCUT2D eigenvalue weighted by Gasteiger charge is 2.43. The summed E-state index contributed by atoms with van der Waals surface area (Å²) in [5.41, 5.74) is -1.61. The van der Waals surface area contributed by atoms with Crippen molar-refractivity contribution in [1.82, 2.24) is 4.90 Å². The topological polar surface area (TPSA) is 98.1 Å². The van der Waals surface area contributed by atoms with Crippen molar-refractivity contribution >= 4 is 11.8 Å². The normalized spacial score (nSPS) is 16.9. The van der Waals surface area contributed by atoms with Crippen LogP contribution in [0, 0.1) is 0 Å². The highest BCUT2D eigenvalue weighted by atomic mass is 16.3. The molecule has 6 heteroatoms. The summed E-state index contributed by atoms with van der Waals surface area (Å²) in [5, 5.41) is 26.9. The van der Waals surface area contributed by atoms with Crippen LogP contribution in [0.3, 0.4) is 0 Å². The number of aliphatic hydroxyl groups excluding tert-OH is 3. The lowest BCUT2D eigenvalue weighted by atomic mass is 10.0. The Morgan fingerprint density at radius 3 is 1.64 bits per heavy atom. The zero-order valence-electron chi connectivity index (χ0n) is 7.38. The first kappa shape index (κ1) is 10.8. The van der Waals surface area contributed by atoms with E-state index in [0.29, 0.717) is 4.90 Å². The van der Waals surface area contributed by atoms with E-state index in [1.54, 1.807) is 0 Å². The van der Waals surface area contributed by atoms with Gasteiger partial charge < -0.3 is 15.3 Å². The minimum Gasteiger partial charge on any atom is -0.394 e. The Kier molecular flexibility index (Phi) is 3.00. The first-order valence-electron chi connectivity index (χ1n) is 4.00. The minimum atomic E-state index is -1.61. The monoisotopic (exact) mass is 201 g/mol. The second kappa shape index (κ2) is 3.87. The number of amides is 2. The Hall–Kier alpha value is -1.24. The van der Waals surface area contributed by atoms with Gasteiger partial charge >= 0.3 is 0 Å². The lowest BCUT2D eigenvalue weighted by Crippen LogP contribution is -2.59. The number of hydrogen-bond acceptors (Lipinski definition) is 5. The number of aliphatic hydroxyl groups is 3. The van der Waals surface area contributed by atoms with Gasteiger partial charge in [-0.3, -0.25) is 14.5 Å². The van der Waals surface area contributed by atoms with Crippen LogP contribution in [0.15, 0.2) is 12.2 Å².